The summed E-state index contributed by atoms with van der Waals surface area (Å²) in [6.07, 6.45) is 2.62. The standard InChI is InChI=1S/C35H27F7O3/c1-3-5-7-19-9-14-24(33(41)29(19)37)26-16-20-11-15-25(34(42)27(20)35(43)45-26)44-17-21-10-13-23(32(40)30(21)38)22-12-8-18(6-4-2)28(36)31(22)39/h8-16H,3-7,17H2,1-2H3. The third-order valence-corrected chi connectivity index (χ3v) is 7.58. The largest absolute Gasteiger partial charge is 0.486 e. The van der Waals surface area contributed by atoms with Gasteiger partial charge in [-0.1, -0.05) is 63.1 Å². The molecule has 0 bridgehead atoms. The second kappa shape index (κ2) is 13.2. The molecule has 10 heteroatoms. The van der Waals surface area contributed by atoms with E-state index in [9.17, 15) is 31.1 Å². The Bertz CT molecular complexity index is 1970. The first-order valence-electron chi connectivity index (χ1n) is 14.4. The smallest absolute Gasteiger partial charge is 0.347 e. The number of unbranched alkanes of at least 4 members (excludes halogenated alkanes) is 1. The predicted molar refractivity (Wildman–Crippen MR) is 156 cm³/mol. The van der Waals surface area contributed by atoms with Crippen LogP contribution < -0.4 is 10.4 Å². The van der Waals surface area contributed by atoms with Gasteiger partial charge >= 0.3 is 5.63 Å². The molecule has 3 nitrogen and oxygen atoms in total. The summed E-state index contributed by atoms with van der Waals surface area (Å²) in [4.78, 5) is 12.8. The fourth-order valence-electron chi connectivity index (χ4n) is 5.13. The van der Waals surface area contributed by atoms with E-state index in [1.807, 2.05) is 6.92 Å². The lowest BCUT2D eigenvalue weighted by Crippen LogP contribution is -2.07. The SMILES string of the molecule is CCCCc1ccc(-c2cc3ccc(OCc4ccc(-c5ccc(CCC)c(F)c5F)c(F)c4F)c(F)c3c(=O)o2)c(F)c1F. The van der Waals surface area contributed by atoms with Crippen LogP contribution in [-0.4, -0.2) is 0 Å². The molecule has 0 N–H and O–H groups in total. The van der Waals surface area contributed by atoms with Crippen molar-refractivity contribution in [3.05, 3.63) is 122 Å². The molecule has 0 aliphatic rings. The number of rotatable bonds is 10. The second-order valence-corrected chi connectivity index (χ2v) is 10.6. The second-order valence-electron chi connectivity index (χ2n) is 10.6. The van der Waals surface area contributed by atoms with Gasteiger partial charge in [-0.05, 0) is 54.0 Å². The van der Waals surface area contributed by atoms with E-state index in [1.54, 1.807) is 6.92 Å². The van der Waals surface area contributed by atoms with E-state index in [-0.39, 0.29) is 39.8 Å². The lowest BCUT2D eigenvalue weighted by Gasteiger charge is -2.13. The van der Waals surface area contributed by atoms with Crippen LogP contribution in [0, 0.1) is 40.7 Å². The van der Waals surface area contributed by atoms with E-state index in [2.05, 4.69) is 0 Å². The molecule has 0 spiro atoms. The maximum atomic E-state index is 15.4. The van der Waals surface area contributed by atoms with E-state index in [0.717, 1.165) is 24.6 Å². The van der Waals surface area contributed by atoms with Crippen molar-refractivity contribution < 1.29 is 39.9 Å². The summed E-state index contributed by atoms with van der Waals surface area (Å²) in [5.41, 5.74) is -2.53. The molecule has 0 atom stereocenters. The van der Waals surface area contributed by atoms with Crippen LogP contribution in [0.4, 0.5) is 30.7 Å². The minimum absolute atomic E-state index is 0.00163. The summed E-state index contributed by atoms with van der Waals surface area (Å²) >= 11 is 0. The topological polar surface area (TPSA) is 39.4 Å². The van der Waals surface area contributed by atoms with Gasteiger partial charge in [0.25, 0.3) is 0 Å². The van der Waals surface area contributed by atoms with Gasteiger partial charge in [0.1, 0.15) is 17.8 Å². The van der Waals surface area contributed by atoms with Crippen LogP contribution in [-0.2, 0) is 19.4 Å². The zero-order chi connectivity index (χ0) is 32.4. The van der Waals surface area contributed by atoms with Crippen molar-refractivity contribution in [1.82, 2.24) is 0 Å². The molecule has 0 aliphatic heterocycles. The molecular weight excluding hydrogens is 601 g/mol. The van der Waals surface area contributed by atoms with Crippen molar-refractivity contribution in [2.24, 2.45) is 0 Å². The third kappa shape index (κ3) is 6.06. The van der Waals surface area contributed by atoms with E-state index < -0.39 is 75.2 Å². The molecule has 4 aromatic carbocycles. The normalized spacial score (nSPS) is 11.4. The summed E-state index contributed by atoms with van der Waals surface area (Å²) < 4.78 is 114. The Kier molecular flexibility index (Phi) is 9.32. The monoisotopic (exact) mass is 628 g/mol. The van der Waals surface area contributed by atoms with Crippen LogP contribution in [0.25, 0.3) is 33.2 Å². The number of hydrogen-bond acceptors (Lipinski definition) is 3. The van der Waals surface area contributed by atoms with Crippen LogP contribution in [0.3, 0.4) is 0 Å². The highest BCUT2D eigenvalue weighted by molar-refractivity contribution is 5.86. The number of halogens is 7. The third-order valence-electron chi connectivity index (χ3n) is 7.58. The summed E-state index contributed by atoms with van der Waals surface area (Å²) in [6.45, 7) is 3.02. The molecule has 234 valence electrons. The maximum absolute atomic E-state index is 15.4. The molecule has 0 fully saturated rings. The molecule has 1 aromatic heterocycles. The van der Waals surface area contributed by atoms with E-state index >= 15 is 4.39 Å². The average molecular weight is 629 g/mol. The Morgan fingerprint density at radius 1 is 0.600 bits per heavy atom. The Labute approximate surface area is 253 Å². The fourth-order valence-corrected chi connectivity index (χ4v) is 5.13. The first kappa shape index (κ1) is 31.8. The van der Waals surface area contributed by atoms with Gasteiger partial charge in [-0.25, -0.2) is 35.5 Å². The van der Waals surface area contributed by atoms with Crippen molar-refractivity contribution >= 4 is 10.8 Å². The van der Waals surface area contributed by atoms with E-state index in [1.165, 1.54) is 36.4 Å². The fraction of sp³-hybridized carbons (Fsp3) is 0.229. The molecule has 0 saturated carbocycles. The highest BCUT2D eigenvalue weighted by atomic mass is 19.2. The Morgan fingerprint density at radius 2 is 1.16 bits per heavy atom. The number of benzene rings is 4. The molecule has 0 radical (unpaired) electrons. The van der Waals surface area contributed by atoms with E-state index in [0.29, 0.717) is 19.3 Å². The van der Waals surface area contributed by atoms with Crippen LogP contribution in [0.2, 0.25) is 0 Å². The van der Waals surface area contributed by atoms with Crippen LogP contribution in [0.15, 0.2) is 63.8 Å². The molecule has 1 heterocycles. The van der Waals surface area contributed by atoms with Crippen molar-refractivity contribution in [1.29, 1.82) is 0 Å². The van der Waals surface area contributed by atoms with Gasteiger partial charge in [-0.2, -0.15) is 0 Å². The Balaban J connectivity index is 1.41. The zero-order valence-corrected chi connectivity index (χ0v) is 24.3. The first-order chi connectivity index (χ1) is 21.6. The van der Waals surface area contributed by atoms with Crippen molar-refractivity contribution in [2.75, 3.05) is 0 Å². The molecule has 5 rings (SSSR count). The summed E-state index contributed by atoms with van der Waals surface area (Å²) in [5.74, 6) is -9.54. The molecule has 5 aromatic rings. The highest BCUT2D eigenvalue weighted by Crippen LogP contribution is 2.33. The van der Waals surface area contributed by atoms with Gasteiger partial charge < -0.3 is 9.15 Å². The van der Waals surface area contributed by atoms with Crippen molar-refractivity contribution in [3.8, 4) is 28.2 Å². The minimum Gasteiger partial charge on any atom is -0.486 e. The van der Waals surface area contributed by atoms with Gasteiger partial charge in [0.05, 0.1) is 5.56 Å². The molecular formula is C35H27F7O3. The number of ether oxygens (including phenoxy) is 1. The maximum Gasteiger partial charge on any atom is 0.347 e. The average Bonchev–Trinajstić information content (AvgIpc) is 3.02. The number of aryl methyl sites for hydroxylation is 2. The number of hydrogen-bond donors (Lipinski definition) is 0. The van der Waals surface area contributed by atoms with Gasteiger partial charge in [-0.15, -0.1) is 0 Å². The molecule has 0 unspecified atom stereocenters. The highest BCUT2D eigenvalue weighted by Gasteiger charge is 2.23. The lowest BCUT2D eigenvalue weighted by molar-refractivity contribution is 0.283. The van der Waals surface area contributed by atoms with Gasteiger partial charge in [0.2, 0.25) is 0 Å². The lowest BCUT2D eigenvalue weighted by atomic mass is 9.99. The van der Waals surface area contributed by atoms with Crippen molar-refractivity contribution in [3.63, 3.8) is 0 Å². The summed E-state index contributed by atoms with van der Waals surface area (Å²) in [6, 6.07) is 10.9. The summed E-state index contributed by atoms with van der Waals surface area (Å²) in [5, 5.41) is -0.551. The number of fused-ring (bicyclic) bond motifs is 1. The molecule has 0 aliphatic carbocycles. The van der Waals surface area contributed by atoms with Crippen LogP contribution in [0.5, 0.6) is 5.75 Å². The van der Waals surface area contributed by atoms with E-state index in [4.69, 9.17) is 9.15 Å². The molecule has 0 amide bonds. The Hall–Kier alpha value is -4.60. The quantitative estimate of drug-likeness (QED) is 0.145. The predicted octanol–water partition coefficient (Wildman–Crippen LogP) is 9.97. The first-order valence-corrected chi connectivity index (χ1v) is 14.4. The van der Waals surface area contributed by atoms with Gasteiger partial charge in [0, 0.05) is 16.7 Å². The minimum atomic E-state index is -1.45. The van der Waals surface area contributed by atoms with Gasteiger partial charge in [-0.3, -0.25) is 0 Å². The molecule has 45 heavy (non-hydrogen) atoms. The van der Waals surface area contributed by atoms with Gasteiger partial charge in [0.15, 0.2) is 46.5 Å². The summed E-state index contributed by atoms with van der Waals surface area (Å²) in [7, 11) is 0. The van der Waals surface area contributed by atoms with Crippen LogP contribution >= 0.6 is 0 Å². The Morgan fingerprint density at radius 3 is 1.78 bits per heavy atom. The molecule has 0 saturated heterocycles. The van der Waals surface area contributed by atoms with Crippen molar-refractivity contribution in [2.45, 2.75) is 52.6 Å². The van der Waals surface area contributed by atoms with Crippen LogP contribution in [0.1, 0.15) is 49.8 Å². The zero-order valence-electron chi connectivity index (χ0n) is 24.3.